The Bertz CT molecular complexity index is 1610. The zero-order chi connectivity index (χ0) is 30.1. The molecule has 0 bridgehead atoms. The van der Waals surface area contributed by atoms with Gasteiger partial charge in [-0.05, 0) is 184 Å². The first-order chi connectivity index (χ1) is 18.5. The number of hydrogen-bond acceptors (Lipinski definition) is 4. The second-order valence-electron chi connectivity index (χ2n) is 11.9. The smallest absolute Gasteiger partial charge is 0.0430 e. The van der Waals surface area contributed by atoms with Crippen molar-refractivity contribution >= 4 is 22.7 Å². The van der Waals surface area contributed by atoms with Gasteiger partial charge in [-0.2, -0.15) is 0 Å². The van der Waals surface area contributed by atoms with Crippen molar-refractivity contribution in [2.75, 3.05) is 22.9 Å². The fourth-order valence-corrected chi connectivity index (χ4v) is 6.76. The molecule has 8 N–H and O–H groups in total. The van der Waals surface area contributed by atoms with Crippen molar-refractivity contribution in [2.45, 2.75) is 83.1 Å². The van der Waals surface area contributed by atoms with E-state index < -0.39 is 0 Å². The van der Waals surface area contributed by atoms with Crippen LogP contribution >= 0.6 is 0 Å². The average Bonchev–Trinajstić information content (AvgIpc) is 2.89. The van der Waals surface area contributed by atoms with Crippen LogP contribution in [0.5, 0.6) is 0 Å². The minimum atomic E-state index is 0.784. The molecule has 4 nitrogen and oxygen atoms in total. The highest BCUT2D eigenvalue weighted by atomic mass is 14.6. The molecule has 4 aromatic rings. The first-order valence-corrected chi connectivity index (χ1v) is 14.1. The van der Waals surface area contributed by atoms with Gasteiger partial charge in [0, 0.05) is 33.9 Å². The highest BCUT2D eigenvalue weighted by Crippen LogP contribution is 2.50. The van der Waals surface area contributed by atoms with E-state index in [0.717, 1.165) is 78.4 Å². The number of anilines is 4. The Kier molecular flexibility index (Phi) is 7.21. The van der Waals surface area contributed by atoms with Crippen LogP contribution in [-0.2, 0) is 0 Å². The molecule has 0 radical (unpaired) electrons. The minimum Gasteiger partial charge on any atom is -0.398 e. The van der Waals surface area contributed by atoms with Gasteiger partial charge in [0.2, 0.25) is 0 Å². The van der Waals surface area contributed by atoms with Gasteiger partial charge in [-0.25, -0.2) is 0 Å². The van der Waals surface area contributed by atoms with Crippen molar-refractivity contribution in [3.8, 4) is 33.4 Å². The second kappa shape index (κ2) is 9.92. The quantitative estimate of drug-likeness (QED) is 0.197. The van der Waals surface area contributed by atoms with E-state index in [1.807, 2.05) is 0 Å². The first-order valence-electron chi connectivity index (χ1n) is 14.1. The highest BCUT2D eigenvalue weighted by molar-refractivity contribution is 6.00. The minimum absolute atomic E-state index is 0.784. The predicted octanol–water partition coefficient (Wildman–Crippen LogP) is 8.72. The molecule has 4 rings (SSSR count). The van der Waals surface area contributed by atoms with Crippen molar-refractivity contribution in [1.82, 2.24) is 0 Å². The molecule has 210 valence electrons. The van der Waals surface area contributed by atoms with Gasteiger partial charge in [0.05, 0.1) is 0 Å². The van der Waals surface area contributed by atoms with Crippen LogP contribution in [0.2, 0.25) is 0 Å². The number of aryl methyl sites for hydroxylation is 2. The highest BCUT2D eigenvalue weighted by Gasteiger charge is 2.27. The third-order valence-corrected chi connectivity index (χ3v) is 9.75. The number of benzene rings is 4. The zero-order valence-electron chi connectivity index (χ0n) is 26.5. The third-order valence-electron chi connectivity index (χ3n) is 9.75. The average molecular weight is 535 g/mol. The lowest BCUT2D eigenvalue weighted by atomic mass is 9.77. The van der Waals surface area contributed by atoms with Crippen molar-refractivity contribution in [3.63, 3.8) is 0 Å². The zero-order valence-corrected chi connectivity index (χ0v) is 26.5. The fraction of sp³-hybridized carbons (Fsp3) is 0.333. The monoisotopic (exact) mass is 534 g/mol. The van der Waals surface area contributed by atoms with Crippen LogP contribution in [0.25, 0.3) is 33.4 Å². The van der Waals surface area contributed by atoms with E-state index in [4.69, 9.17) is 22.9 Å². The summed E-state index contributed by atoms with van der Waals surface area (Å²) in [5.41, 5.74) is 50.7. The summed E-state index contributed by atoms with van der Waals surface area (Å²) in [5.74, 6) is 0. The van der Waals surface area contributed by atoms with Gasteiger partial charge in [-0.15, -0.1) is 0 Å². The molecule has 4 aromatic carbocycles. The Balaban J connectivity index is 2.22. The second-order valence-corrected chi connectivity index (χ2v) is 11.9. The number of nitrogens with two attached hydrogens (primary N) is 4. The lowest BCUT2D eigenvalue weighted by Gasteiger charge is -2.28. The standard InChI is InChI=1S/C36H46N4/c1-15-13-27(37)17(3)19(5)29(15)31-21(7)23(9)35(39)33(25(31)11)34-26(12)32(22(8)24(10)36(34)40)30-16(2)14-28(38)18(4)20(30)6/h13-14H,37-40H2,1-12H3. The summed E-state index contributed by atoms with van der Waals surface area (Å²) in [6.07, 6.45) is 0. The van der Waals surface area contributed by atoms with E-state index in [-0.39, 0.29) is 0 Å². The van der Waals surface area contributed by atoms with Crippen LogP contribution in [0.15, 0.2) is 12.1 Å². The lowest BCUT2D eigenvalue weighted by Crippen LogP contribution is -2.10. The molecular weight excluding hydrogens is 488 g/mol. The molecule has 0 saturated heterocycles. The summed E-state index contributed by atoms with van der Waals surface area (Å²) in [7, 11) is 0. The predicted molar refractivity (Wildman–Crippen MR) is 177 cm³/mol. The first kappa shape index (κ1) is 29.1. The van der Waals surface area contributed by atoms with Crippen LogP contribution in [0.3, 0.4) is 0 Å². The van der Waals surface area contributed by atoms with Gasteiger partial charge < -0.3 is 22.9 Å². The molecule has 40 heavy (non-hydrogen) atoms. The van der Waals surface area contributed by atoms with Crippen LogP contribution < -0.4 is 22.9 Å². The number of rotatable bonds is 3. The van der Waals surface area contributed by atoms with E-state index >= 15 is 0 Å². The van der Waals surface area contributed by atoms with Gasteiger partial charge in [0.25, 0.3) is 0 Å². The Labute approximate surface area is 240 Å². The fourth-order valence-electron chi connectivity index (χ4n) is 6.76. The van der Waals surface area contributed by atoms with Crippen LogP contribution in [0.1, 0.15) is 66.8 Å². The summed E-state index contributed by atoms with van der Waals surface area (Å²) in [6, 6.07) is 4.18. The molecule has 0 spiro atoms. The lowest BCUT2D eigenvalue weighted by molar-refractivity contribution is 1.24. The topological polar surface area (TPSA) is 104 Å². The Morgan fingerprint density at radius 2 is 0.575 bits per heavy atom. The van der Waals surface area contributed by atoms with E-state index in [0.29, 0.717) is 0 Å². The van der Waals surface area contributed by atoms with E-state index in [1.54, 1.807) is 0 Å². The summed E-state index contributed by atoms with van der Waals surface area (Å²) in [4.78, 5) is 0. The Morgan fingerprint density at radius 1 is 0.300 bits per heavy atom. The molecule has 0 aliphatic carbocycles. The van der Waals surface area contributed by atoms with E-state index in [9.17, 15) is 0 Å². The number of nitrogen functional groups attached to an aromatic ring is 4. The van der Waals surface area contributed by atoms with Gasteiger partial charge >= 0.3 is 0 Å². The Hall–Kier alpha value is -3.92. The molecule has 0 saturated carbocycles. The SMILES string of the molecule is Cc1cc(N)c(C)c(C)c1-c1c(C)c(C)c(N)c(-c2c(C)c(-c3c(C)cc(N)c(C)c3C)c(C)c(C)c2N)c1C. The summed E-state index contributed by atoms with van der Waals surface area (Å²) >= 11 is 0. The third kappa shape index (κ3) is 4.04. The van der Waals surface area contributed by atoms with Gasteiger partial charge in [0.15, 0.2) is 0 Å². The van der Waals surface area contributed by atoms with Crippen molar-refractivity contribution in [3.05, 3.63) is 78.9 Å². The molecular formula is C36H46N4. The maximum Gasteiger partial charge on any atom is 0.0430 e. The van der Waals surface area contributed by atoms with Crippen LogP contribution in [0, 0.1) is 83.1 Å². The molecule has 0 unspecified atom stereocenters. The largest absolute Gasteiger partial charge is 0.398 e. The van der Waals surface area contributed by atoms with Crippen molar-refractivity contribution in [2.24, 2.45) is 0 Å². The summed E-state index contributed by atoms with van der Waals surface area (Å²) in [6.45, 7) is 25.8. The normalized spacial score (nSPS) is 11.4. The van der Waals surface area contributed by atoms with E-state index in [2.05, 4.69) is 95.2 Å². The molecule has 0 aliphatic rings. The molecule has 0 atom stereocenters. The van der Waals surface area contributed by atoms with Gasteiger partial charge in [-0.3, -0.25) is 0 Å². The molecule has 0 heterocycles. The maximum absolute atomic E-state index is 7.02. The van der Waals surface area contributed by atoms with Gasteiger partial charge in [-0.1, -0.05) is 0 Å². The maximum atomic E-state index is 7.02. The van der Waals surface area contributed by atoms with Crippen molar-refractivity contribution < 1.29 is 0 Å². The molecule has 0 fully saturated rings. The molecule has 0 aromatic heterocycles. The number of hydrogen-bond donors (Lipinski definition) is 4. The van der Waals surface area contributed by atoms with E-state index in [1.165, 1.54) is 44.5 Å². The van der Waals surface area contributed by atoms with Crippen LogP contribution in [0.4, 0.5) is 22.7 Å². The van der Waals surface area contributed by atoms with Gasteiger partial charge in [0.1, 0.15) is 0 Å². The van der Waals surface area contributed by atoms with Crippen molar-refractivity contribution in [1.29, 1.82) is 0 Å². The summed E-state index contributed by atoms with van der Waals surface area (Å²) in [5, 5.41) is 0. The molecule has 0 amide bonds. The summed E-state index contributed by atoms with van der Waals surface area (Å²) < 4.78 is 0. The van der Waals surface area contributed by atoms with Crippen LogP contribution in [-0.4, -0.2) is 0 Å². The molecule has 0 aliphatic heterocycles. The molecule has 4 heteroatoms. The Morgan fingerprint density at radius 3 is 0.875 bits per heavy atom.